The van der Waals surface area contributed by atoms with Crippen molar-refractivity contribution in [1.82, 2.24) is 0 Å². The Labute approximate surface area is 117 Å². The fourth-order valence-corrected chi connectivity index (χ4v) is 1.53. The maximum atomic E-state index is 11.3. The summed E-state index contributed by atoms with van der Waals surface area (Å²) >= 11 is 0. The van der Waals surface area contributed by atoms with Gasteiger partial charge in [-0.3, -0.25) is 14.9 Å². The maximum Gasteiger partial charge on any atom is 0.333 e. The molecule has 1 aromatic rings. The van der Waals surface area contributed by atoms with Crippen LogP contribution in [0.3, 0.4) is 0 Å². The Morgan fingerprint density at radius 1 is 1.50 bits per heavy atom. The molecule has 0 saturated carbocycles. The van der Waals surface area contributed by atoms with Gasteiger partial charge in [0.25, 0.3) is 0 Å². The first-order chi connectivity index (χ1) is 9.29. The number of anilines is 1. The second-order valence-corrected chi connectivity index (χ2v) is 4.94. The Kier molecular flexibility index (Phi) is 4.90. The minimum absolute atomic E-state index is 0.144. The van der Waals surface area contributed by atoms with E-state index in [1.807, 2.05) is 0 Å². The number of nitrogens with one attached hydrogen (secondary N) is 1. The molecule has 1 amide bonds. The second kappa shape index (κ2) is 6.23. The smallest absolute Gasteiger partial charge is 0.333 e. The molecule has 0 heterocycles. The summed E-state index contributed by atoms with van der Waals surface area (Å²) in [7, 11) is 0. The molecule has 3 N–H and O–H groups in total. The summed E-state index contributed by atoms with van der Waals surface area (Å²) in [6.07, 6.45) is 0. The number of para-hydroxylation sites is 1. The molecule has 0 aliphatic carbocycles. The van der Waals surface area contributed by atoms with Crippen LogP contribution in [0.15, 0.2) is 18.2 Å². The van der Waals surface area contributed by atoms with Crippen LogP contribution in [0.4, 0.5) is 11.4 Å². The number of carbonyl (C=O) groups is 1. The average molecular weight is 281 g/mol. The third-order valence-electron chi connectivity index (χ3n) is 2.87. The highest BCUT2D eigenvalue weighted by Gasteiger charge is 2.27. The van der Waals surface area contributed by atoms with Gasteiger partial charge in [0, 0.05) is 6.54 Å². The van der Waals surface area contributed by atoms with Crippen molar-refractivity contribution >= 4 is 17.3 Å². The molecule has 0 spiro atoms. The van der Waals surface area contributed by atoms with Gasteiger partial charge in [0.05, 0.1) is 16.9 Å². The Morgan fingerprint density at radius 2 is 2.15 bits per heavy atom. The van der Waals surface area contributed by atoms with Gasteiger partial charge in [-0.05, 0) is 32.9 Å². The first-order valence-electron chi connectivity index (χ1n) is 6.23. The summed E-state index contributed by atoms with van der Waals surface area (Å²) in [5, 5.41) is 14.1. The number of nitro groups is 1. The molecule has 1 rings (SSSR count). The number of amides is 1. The van der Waals surface area contributed by atoms with E-state index in [0.29, 0.717) is 12.3 Å². The summed E-state index contributed by atoms with van der Waals surface area (Å²) in [5.41, 5.74) is 4.62. The molecule has 0 saturated heterocycles. The third kappa shape index (κ3) is 3.59. The minimum Gasteiger partial charge on any atom is -0.487 e. The Hall–Kier alpha value is -2.31. The van der Waals surface area contributed by atoms with E-state index in [2.05, 4.69) is 5.32 Å². The van der Waals surface area contributed by atoms with Crippen molar-refractivity contribution in [3.8, 4) is 5.75 Å². The van der Waals surface area contributed by atoms with Crippen molar-refractivity contribution in [3.05, 3.63) is 28.3 Å². The number of rotatable bonds is 7. The molecule has 7 heteroatoms. The molecule has 0 unspecified atom stereocenters. The highest BCUT2D eigenvalue weighted by atomic mass is 16.6. The second-order valence-electron chi connectivity index (χ2n) is 4.94. The highest BCUT2D eigenvalue weighted by molar-refractivity contribution is 5.81. The van der Waals surface area contributed by atoms with Crippen molar-refractivity contribution < 1.29 is 14.5 Å². The van der Waals surface area contributed by atoms with Gasteiger partial charge in [0.15, 0.2) is 5.75 Å². The van der Waals surface area contributed by atoms with Gasteiger partial charge in [0.1, 0.15) is 5.69 Å². The van der Waals surface area contributed by atoms with Gasteiger partial charge in [0.2, 0.25) is 5.91 Å². The molecule has 20 heavy (non-hydrogen) atoms. The standard InChI is InChI=1S/C13H19N3O4/c1-4-20-10-7-5-6-9(11(10)16(18)19)15-8-13(2,3)12(14)17/h5-7,15H,4,8H2,1-3H3,(H2,14,17). The number of carbonyl (C=O) groups excluding carboxylic acids is 1. The topological polar surface area (TPSA) is 107 Å². The first-order valence-corrected chi connectivity index (χ1v) is 6.23. The van der Waals surface area contributed by atoms with E-state index in [0.717, 1.165) is 0 Å². The van der Waals surface area contributed by atoms with Crippen LogP contribution in [0.1, 0.15) is 20.8 Å². The van der Waals surface area contributed by atoms with Crippen molar-refractivity contribution in [2.75, 3.05) is 18.5 Å². The quantitative estimate of drug-likeness (QED) is 0.586. The van der Waals surface area contributed by atoms with E-state index in [1.54, 1.807) is 32.9 Å². The summed E-state index contributed by atoms with van der Waals surface area (Å²) in [4.78, 5) is 21.9. The van der Waals surface area contributed by atoms with Crippen LogP contribution in [0.25, 0.3) is 0 Å². The van der Waals surface area contributed by atoms with E-state index >= 15 is 0 Å². The molecule has 0 aliphatic rings. The van der Waals surface area contributed by atoms with E-state index in [9.17, 15) is 14.9 Å². The van der Waals surface area contributed by atoms with Crippen LogP contribution in [-0.2, 0) is 4.79 Å². The molecule has 0 radical (unpaired) electrons. The number of nitro benzene ring substituents is 1. The summed E-state index contributed by atoms with van der Waals surface area (Å²) in [5.74, 6) is -0.284. The van der Waals surface area contributed by atoms with Gasteiger partial charge >= 0.3 is 5.69 Å². The lowest BCUT2D eigenvalue weighted by molar-refractivity contribution is -0.384. The zero-order valence-electron chi connectivity index (χ0n) is 11.8. The monoisotopic (exact) mass is 281 g/mol. The van der Waals surface area contributed by atoms with Crippen LogP contribution in [-0.4, -0.2) is 24.0 Å². The van der Waals surface area contributed by atoms with Crippen LogP contribution < -0.4 is 15.8 Å². The van der Waals surface area contributed by atoms with E-state index in [4.69, 9.17) is 10.5 Å². The predicted molar refractivity (Wildman–Crippen MR) is 75.7 cm³/mol. The van der Waals surface area contributed by atoms with Crippen molar-refractivity contribution in [1.29, 1.82) is 0 Å². The number of hydrogen-bond acceptors (Lipinski definition) is 5. The Morgan fingerprint density at radius 3 is 2.65 bits per heavy atom. The van der Waals surface area contributed by atoms with Gasteiger partial charge in [-0.1, -0.05) is 6.07 Å². The normalized spacial score (nSPS) is 10.9. The number of nitrogens with two attached hydrogens (primary N) is 1. The van der Waals surface area contributed by atoms with E-state index in [-0.39, 0.29) is 18.0 Å². The molecule has 1 aromatic carbocycles. The lowest BCUT2D eigenvalue weighted by atomic mass is 9.92. The zero-order chi connectivity index (χ0) is 15.3. The number of hydrogen-bond donors (Lipinski definition) is 2. The zero-order valence-corrected chi connectivity index (χ0v) is 11.8. The van der Waals surface area contributed by atoms with Gasteiger partial charge in [-0.2, -0.15) is 0 Å². The molecule has 7 nitrogen and oxygen atoms in total. The van der Waals surface area contributed by atoms with Gasteiger partial charge in [-0.25, -0.2) is 0 Å². The van der Waals surface area contributed by atoms with Crippen LogP contribution >= 0.6 is 0 Å². The molecular formula is C13H19N3O4. The first kappa shape index (κ1) is 15.7. The number of nitrogens with zero attached hydrogens (tertiary/aromatic N) is 1. The molecule has 0 bridgehead atoms. The minimum atomic E-state index is -0.810. The predicted octanol–water partition coefficient (Wildman–Crippen LogP) is 1.92. The summed E-state index contributed by atoms with van der Waals surface area (Å²) < 4.78 is 5.25. The molecular weight excluding hydrogens is 262 g/mol. The number of primary amides is 1. The number of benzene rings is 1. The highest BCUT2D eigenvalue weighted by Crippen LogP contribution is 2.35. The maximum absolute atomic E-state index is 11.3. The summed E-state index contributed by atoms with van der Waals surface area (Å²) in [6, 6.07) is 4.75. The van der Waals surface area contributed by atoms with Gasteiger partial charge in [-0.15, -0.1) is 0 Å². The van der Waals surface area contributed by atoms with Crippen molar-refractivity contribution in [2.24, 2.45) is 11.1 Å². The summed E-state index contributed by atoms with van der Waals surface area (Å²) in [6.45, 7) is 5.61. The Balaban J connectivity index is 3.03. The Bertz CT molecular complexity index is 514. The fraction of sp³-hybridized carbons (Fsp3) is 0.462. The fourth-order valence-electron chi connectivity index (χ4n) is 1.53. The molecule has 0 aliphatic heterocycles. The largest absolute Gasteiger partial charge is 0.487 e. The molecule has 0 atom stereocenters. The van der Waals surface area contributed by atoms with Crippen LogP contribution in [0.2, 0.25) is 0 Å². The average Bonchev–Trinajstić information content (AvgIpc) is 2.36. The van der Waals surface area contributed by atoms with Crippen LogP contribution in [0.5, 0.6) is 5.75 Å². The molecule has 110 valence electrons. The lowest BCUT2D eigenvalue weighted by Gasteiger charge is -2.21. The van der Waals surface area contributed by atoms with Gasteiger partial charge < -0.3 is 15.8 Å². The molecule has 0 aromatic heterocycles. The van der Waals surface area contributed by atoms with E-state index in [1.165, 1.54) is 6.07 Å². The van der Waals surface area contributed by atoms with Crippen molar-refractivity contribution in [2.45, 2.75) is 20.8 Å². The SMILES string of the molecule is CCOc1cccc(NCC(C)(C)C(N)=O)c1[N+](=O)[O-]. The van der Waals surface area contributed by atoms with E-state index < -0.39 is 16.2 Å². The van der Waals surface area contributed by atoms with Crippen LogP contribution in [0, 0.1) is 15.5 Å². The number of ether oxygens (including phenoxy) is 1. The van der Waals surface area contributed by atoms with Crippen molar-refractivity contribution in [3.63, 3.8) is 0 Å². The molecule has 0 fully saturated rings. The third-order valence-corrected chi connectivity index (χ3v) is 2.87. The lowest BCUT2D eigenvalue weighted by Crippen LogP contribution is -2.37.